The molecule has 0 aromatic carbocycles. The van der Waals surface area contributed by atoms with Crippen LogP contribution in [-0.4, -0.2) is 7.76 Å². The average molecular weight is 305 g/mol. The van der Waals surface area contributed by atoms with Gasteiger partial charge >= 0.3 is 5.69 Å². The predicted octanol–water partition coefficient (Wildman–Crippen LogP) is 2.02. The third kappa shape index (κ3) is 2.83. The Kier molecular flexibility index (Phi) is 3.68. The molecule has 1 aromatic rings. The molecule has 14 heavy (non-hydrogen) atoms. The number of nitrogens with zero attached hydrogens (tertiary/aromatic N) is 2. The van der Waals surface area contributed by atoms with Gasteiger partial charge < -0.3 is 5.32 Å². The lowest BCUT2D eigenvalue weighted by molar-refractivity contribution is 0.775. The van der Waals surface area contributed by atoms with E-state index >= 15 is 0 Å². The molecule has 1 aromatic heterocycles. The molecule has 0 saturated carbocycles. The van der Waals surface area contributed by atoms with E-state index in [0.717, 1.165) is 5.70 Å². The topological polar surface area (TPSA) is 46.9 Å². The molecule has 0 saturated heterocycles. The largest absolute Gasteiger partial charge is 0.358 e. The first-order chi connectivity index (χ1) is 6.50. The summed E-state index contributed by atoms with van der Waals surface area (Å²) in [7, 11) is 0. The molecule has 0 aliphatic rings. The zero-order chi connectivity index (χ0) is 10.7. The van der Waals surface area contributed by atoms with Crippen molar-refractivity contribution in [3.8, 4) is 0 Å². The summed E-state index contributed by atoms with van der Waals surface area (Å²) < 4.78 is 1.39. The van der Waals surface area contributed by atoms with Crippen molar-refractivity contribution in [3.63, 3.8) is 0 Å². The second-order valence-corrected chi connectivity index (χ2v) is 4.25. The molecule has 0 aliphatic carbocycles. The maximum absolute atomic E-state index is 11.2. The molecular formula is C9H12IN3O. The van der Waals surface area contributed by atoms with Gasteiger partial charge in [0.05, 0.1) is 22.9 Å². The Morgan fingerprint density at radius 1 is 1.71 bits per heavy atom. The lowest BCUT2D eigenvalue weighted by Gasteiger charge is -2.11. The summed E-state index contributed by atoms with van der Waals surface area (Å²) >= 11 is 1.88. The Hall–Kier alpha value is -0.850. The fourth-order valence-electron chi connectivity index (χ4n) is 0.766. The number of allylic oxidation sites excluding steroid dienone is 1. The van der Waals surface area contributed by atoms with Crippen LogP contribution < -0.4 is 11.0 Å². The highest BCUT2D eigenvalue weighted by Crippen LogP contribution is 2.09. The molecule has 4 nitrogen and oxygen atoms in total. The smallest absolute Gasteiger partial charge is 0.344 e. The van der Waals surface area contributed by atoms with Gasteiger partial charge in [0.15, 0.2) is 0 Å². The van der Waals surface area contributed by atoms with Gasteiger partial charge in [0, 0.05) is 11.9 Å². The summed E-state index contributed by atoms with van der Waals surface area (Å²) in [4.78, 5) is 15.0. The van der Waals surface area contributed by atoms with Gasteiger partial charge in [-0.15, -0.1) is 0 Å². The van der Waals surface area contributed by atoms with Gasteiger partial charge in [-0.2, -0.15) is 4.98 Å². The number of hydrogen-bond donors (Lipinski definition) is 1. The maximum Gasteiger partial charge on any atom is 0.358 e. The second kappa shape index (κ2) is 4.59. The van der Waals surface area contributed by atoms with Crippen LogP contribution in [0.3, 0.4) is 0 Å². The molecule has 0 spiro atoms. The number of aromatic nitrogens is 2. The number of halogens is 1. The Morgan fingerprint density at radius 2 is 2.36 bits per heavy atom. The minimum atomic E-state index is -0.285. The molecule has 1 rings (SSSR count). The van der Waals surface area contributed by atoms with Crippen LogP contribution in [0.4, 0.5) is 5.82 Å². The fraction of sp³-hybridized carbons (Fsp3) is 0.333. The van der Waals surface area contributed by atoms with E-state index in [1.54, 1.807) is 12.3 Å². The average Bonchev–Trinajstić information content (AvgIpc) is 2.11. The second-order valence-electron chi connectivity index (χ2n) is 3.21. The number of nitrogens with one attached hydrogen (secondary N) is 1. The molecule has 1 heterocycles. The Balaban J connectivity index is 2.84. The third-order valence-corrected chi connectivity index (χ3v) is 2.48. The minimum absolute atomic E-state index is 0.285. The van der Waals surface area contributed by atoms with Crippen molar-refractivity contribution < 1.29 is 0 Å². The van der Waals surface area contributed by atoms with E-state index in [0.29, 0.717) is 11.7 Å². The van der Waals surface area contributed by atoms with Crippen molar-refractivity contribution in [2.45, 2.75) is 13.8 Å². The first-order valence-corrected chi connectivity index (χ1v) is 5.19. The normalized spacial score (nSPS) is 10.3. The van der Waals surface area contributed by atoms with Crippen LogP contribution in [0.2, 0.25) is 0 Å². The Bertz CT molecular complexity index is 397. The molecule has 1 N–H and O–H groups in total. The molecule has 0 amide bonds. The molecule has 0 atom stereocenters. The lowest BCUT2D eigenvalue weighted by Crippen LogP contribution is -2.17. The van der Waals surface area contributed by atoms with Gasteiger partial charge in [0.1, 0.15) is 5.82 Å². The lowest BCUT2D eigenvalue weighted by atomic mass is 10.1. The van der Waals surface area contributed by atoms with E-state index in [2.05, 4.69) is 16.9 Å². The minimum Gasteiger partial charge on any atom is -0.344 e. The van der Waals surface area contributed by atoms with E-state index in [1.807, 2.05) is 36.7 Å². The van der Waals surface area contributed by atoms with Crippen molar-refractivity contribution in [2.24, 2.45) is 5.92 Å². The van der Waals surface area contributed by atoms with Crippen molar-refractivity contribution in [1.29, 1.82) is 0 Å². The molecular weight excluding hydrogens is 293 g/mol. The van der Waals surface area contributed by atoms with Gasteiger partial charge in [-0.05, 0) is 12.0 Å². The van der Waals surface area contributed by atoms with Gasteiger partial charge in [-0.25, -0.2) is 7.58 Å². The van der Waals surface area contributed by atoms with Gasteiger partial charge in [-0.1, -0.05) is 20.4 Å². The summed E-state index contributed by atoms with van der Waals surface area (Å²) in [5.41, 5.74) is 0.565. The van der Waals surface area contributed by atoms with E-state index in [-0.39, 0.29) is 5.69 Å². The van der Waals surface area contributed by atoms with Crippen molar-refractivity contribution in [3.05, 3.63) is 35.0 Å². The molecule has 0 bridgehead atoms. The van der Waals surface area contributed by atoms with Crippen LogP contribution in [0.25, 0.3) is 0 Å². The summed E-state index contributed by atoms with van der Waals surface area (Å²) in [5.74, 6) is 0.862. The van der Waals surface area contributed by atoms with E-state index in [4.69, 9.17) is 0 Å². The number of rotatable bonds is 3. The first kappa shape index (κ1) is 11.2. The molecule has 5 heteroatoms. The van der Waals surface area contributed by atoms with Crippen LogP contribution in [0, 0.1) is 5.92 Å². The van der Waals surface area contributed by atoms with Crippen LogP contribution >= 0.6 is 22.9 Å². The SMILES string of the molecule is C=C(Nc1ccn(I)c(=O)n1)C(C)C. The predicted molar refractivity (Wildman–Crippen MR) is 65.5 cm³/mol. The summed E-state index contributed by atoms with van der Waals surface area (Å²) in [5, 5.41) is 2.99. The maximum atomic E-state index is 11.2. The van der Waals surface area contributed by atoms with Crippen molar-refractivity contribution in [2.75, 3.05) is 5.32 Å². The quantitative estimate of drug-likeness (QED) is 0.869. The van der Waals surface area contributed by atoms with Crippen molar-refractivity contribution in [1.82, 2.24) is 7.76 Å². The summed E-state index contributed by atoms with van der Waals surface area (Å²) in [6, 6.07) is 1.74. The highest BCUT2D eigenvalue weighted by atomic mass is 127. The van der Waals surface area contributed by atoms with Crippen LogP contribution in [0.15, 0.2) is 29.3 Å². The summed E-state index contributed by atoms with van der Waals surface area (Å²) in [6.45, 7) is 7.89. The summed E-state index contributed by atoms with van der Waals surface area (Å²) in [6.07, 6.45) is 1.66. The zero-order valence-corrected chi connectivity index (χ0v) is 10.3. The van der Waals surface area contributed by atoms with Crippen molar-refractivity contribution >= 4 is 28.7 Å². The van der Waals surface area contributed by atoms with Crippen LogP contribution in [-0.2, 0) is 0 Å². The highest BCUT2D eigenvalue weighted by molar-refractivity contribution is 14.1. The van der Waals surface area contributed by atoms with E-state index in [1.165, 1.54) is 2.78 Å². The van der Waals surface area contributed by atoms with Crippen LogP contribution in [0.1, 0.15) is 13.8 Å². The zero-order valence-electron chi connectivity index (χ0n) is 8.12. The van der Waals surface area contributed by atoms with Gasteiger partial charge in [0.2, 0.25) is 0 Å². The Labute approximate surface area is 96.5 Å². The molecule has 76 valence electrons. The van der Waals surface area contributed by atoms with E-state index < -0.39 is 0 Å². The van der Waals surface area contributed by atoms with E-state index in [9.17, 15) is 4.79 Å². The standard InChI is InChI=1S/C9H12IN3O/c1-6(2)7(3)11-8-4-5-13(10)9(14)12-8/h4-6H,3H2,1-2H3,(H,11,12,14). The molecule has 0 fully saturated rings. The third-order valence-electron chi connectivity index (χ3n) is 1.75. The molecule has 0 aliphatic heterocycles. The van der Waals surface area contributed by atoms with Gasteiger partial charge in [-0.3, -0.25) is 0 Å². The monoisotopic (exact) mass is 305 g/mol. The fourth-order valence-corrected chi connectivity index (χ4v) is 1.04. The Morgan fingerprint density at radius 3 is 2.86 bits per heavy atom. The molecule has 0 unspecified atom stereocenters. The van der Waals surface area contributed by atoms with Gasteiger partial charge in [0.25, 0.3) is 0 Å². The highest BCUT2D eigenvalue weighted by Gasteiger charge is 2.02. The molecule has 0 radical (unpaired) electrons. The number of hydrogen-bond acceptors (Lipinski definition) is 3. The number of anilines is 1. The first-order valence-electron chi connectivity index (χ1n) is 4.22. The van der Waals surface area contributed by atoms with Crippen LogP contribution in [0.5, 0.6) is 0 Å².